The van der Waals surface area contributed by atoms with Gasteiger partial charge in [-0.25, -0.2) is 4.79 Å². The van der Waals surface area contributed by atoms with E-state index in [2.05, 4.69) is 0 Å². The molecule has 4 nitrogen and oxygen atoms in total. The van der Waals surface area contributed by atoms with Crippen molar-refractivity contribution in [2.24, 2.45) is 0 Å². The van der Waals surface area contributed by atoms with E-state index >= 15 is 0 Å². The molecule has 0 spiro atoms. The lowest BCUT2D eigenvalue weighted by Gasteiger charge is -2.09. The number of benzene rings is 2. The molecule has 0 saturated carbocycles. The summed E-state index contributed by atoms with van der Waals surface area (Å²) in [6, 6.07) is 12.0. The fraction of sp³-hybridized carbons (Fsp3) is 0.188. The van der Waals surface area contributed by atoms with Crippen LogP contribution in [0.15, 0.2) is 42.5 Å². The first-order valence-corrected chi connectivity index (χ1v) is 6.79. The Morgan fingerprint density at radius 1 is 1.05 bits per heavy atom. The Hall–Kier alpha value is -2.20. The smallest absolute Gasteiger partial charge is 0.335 e. The molecule has 21 heavy (non-hydrogen) atoms. The number of halogens is 1. The lowest BCUT2D eigenvalue weighted by Crippen LogP contribution is -2.09. The molecule has 0 amide bonds. The fourth-order valence-corrected chi connectivity index (χ4v) is 1.94. The molecule has 0 aliphatic rings. The highest BCUT2D eigenvalue weighted by molar-refractivity contribution is 6.30. The maximum atomic E-state index is 10.9. The zero-order valence-corrected chi connectivity index (χ0v) is 12.3. The van der Waals surface area contributed by atoms with Crippen LogP contribution < -0.4 is 9.47 Å². The number of aromatic carboxylic acids is 1. The van der Waals surface area contributed by atoms with Gasteiger partial charge in [-0.05, 0) is 55.0 Å². The van der Waals surface area contributed by atoms with Gasteiger partial charge in [0.25, 0.3) is 0 Å². The summed E-state index contributed by atoms with van der Waals surface area (Å²) in [6.45, 7) is 2.50. The molecule has 5 heteroatoms. The number of aryl methyl sites for hydroxylation is 1. The van der Waals surface area contributed by atoms with Gasteiger partial charge in [-0.15, -0.1) is 0 Å². The number of carboxylic acids is 1. The van der Waals surface area contributed by atoms with Crippen LogP contribution in [0, 0.1) is 6.92 Å². The summed E-state index contributed by atoms with van der Waals surface area (Å²) in [6.07, 6.45) is 0. The molecular weight excluding hydrogens is 292 g/mol. The Kier molecular flexibility index (Phi) is 5.06. The lowest BCUT2D eigenvalue weighted by atomic mass is 10.1. The van der Waals surface area contributed by atoms with Crippen molar-refractivity contribution in [3.63, 3.8) is 0 Å². The molecule has 0 heterocycles. The van der Waals surface area contributed by atoms with Crippen molar-refractivity contribution in [3.8, 4) is 11.5 Å². The minimum absolute atomic E-state index is 0.278. The third kappa shape index (κ3) is 4.39. The average Bonchev–Trinajstić information content (AvgIpc) is 2.45. The van der Waals surface area contributed by atoms with E-state index in [1.54, 1.807) is 43.3 Å². The van der Waals surface area contributed by atoms with Crippen LogP contribution in [-0.2, 0) is 0 Å². The standard InChI is InChI=1S/C16H15ClO4/c1-11-10-14(6-7-15(11)16(18)19)21-9-8-20-13-4-2-12(17)3-5-13/h2-7,10H,8-9H2,1H3,(H,18,19). The summed E-state index contributed by atoms with van der Waals surface area (Å²) in [5.41, 5.74) is 0.943. The van der Waals surface area contributed by atoms with Crippen LogP contribution in [0.1, 0.15) is 15.9 Å². The van der Waals surface area contributed by atoms with E-state index in [0.29, 0.717) is 29.5 Å². The van der Waals surface area contributed by atoms with E-state index in [1.807, 2.05) is 0 Å². The topological polar surface area (TPSA) is 55.8 Å². The van der Waals surface area contributed by atoms with Crippen LogP contribution in [0.5, 0.6) is 11.5 Å². The van der Waals surface area contributed by atoms with Gasteiger partial charge in [0.05, 0.1) is 5.56 Å². The Morgan fingerprint density at radius 3 is 2.19 bits per heavy atom. The molecule has 2 aromatic rings. The van der Waals surface area contributed by atoms with Crippen LogP contribution in [0.2, 0.25) is 5.02 Å². The average molecular weight is 307 g/mol. The Morgan fingerprint density at radius 2 is 1.62 bits per heavy atom. The van der Waals surface area contributed by atoms with Crippen molar-refractivity contribution in [2.45, 2.75) is 6.92 Å². The van der Waals surface area contributed by atoms with Crippen molar-refractivity contribution in [3.05, 3.63) is 58.6 Å². The first-order chi connectivity index (χ1) is 10.1. The summed E-state index contributed by atoms with van der Waals surface area (Å²) < 4.78 is 11.0. The molecule has 110 valence electrons. The van der Waals surface area contributed by atoms with Gasteiger partial charge in [0.2, 0.25) is 0 Å². The van der Waals surface area contributed by atoms with Crippen molar-refractivity contribution in [2.75, 3.05) is 13.2 Å². The second-order valence-corrected chi connectivity index (χ2v) is 4.87. The summed E-state index contributed by atoms with van der Waals surface area (Å²) in [4.78, 5) is 10.9. The van der Waals surface area contributed by atoms with Crippen LogP contribution in [0.3, 0.4) is 0 Å². The van der Waals surface area contributed by atoms with Gasteiger partial charge in [0, 0.05) is 5.02 Å². The largest absolute Gasteiger partial charge is 0.490 e. The highest BCUT2D eigenvalue weighted by Crippen LogP contribution is 2.18. The molecular formula is C16H15ClO4. The first-order valence-electron chi connectivity index (χ1n) is 6.41. The quantitative estimate of drug-likeness (QED) is 0.825. The highest BCUT2D eigenvalue weighted by atomic mass is 35.5. The first kappa shape index (κ1) is 15.2. The van der Waals surface area contributed by atoms with E-state index in [4.69, 9.17) is 26.2 Å². The van der Waals surface area contributed by atoms with Gasteiger partial charge in [0.1, 0.15) is 24.7 Å². The monoisotopic (exact) mass is 306 g/mol. The number of hydrogen-bond donors (Lipinski definition) is 1. The maximum Gasteiger partial charge on any atom is 0.335 e. The van der Waals surface area contributed by atoms with E-state index in [-0.39, 0.29) is 5.56 Å². The van der Waals surface area contributed by atoms with E-state index in [1.165, 1.54) is 6.07 Å². The Labute approximate surface area is 127 Å². The van der Waals surface area contributed by atoms with E-state index < -0.39 is 5.97 Å². The third-order valence-corrected chi connectivity index (χ3v) is 3.11. The summed E-state index contributed by atoms with van der Waals surface area (Å²) >= 11 is 5.78. The molecule has 0 fully saturated rings. The molecule has 2 aromatic carbocycles. The van der Waals surface area contributed by atoms with Crippen LogP contribution in [0.4, 0.5) is 0 Å². The highest BCUT2D eigenvalue weighted by Gasteiger charge is 2.07. The predicted molar refractivity (Wildman–Crippen MR) is 80.6 cm³/mol. The van der Waals surface area contributed by atoms with Crippen LogP contribution >= 0.6 is 11.6 Å². The van der Waals surface area contributed by atoms with Crippen molar-refractivity contribution in [1.29, 1.82) is 0 Å². The van der Waals surface area contributed by atoms with Crippen molar-refractivity contribution in [1.82, 2.24) is 0 Å². The number of ether oxygens (including phenoxy) is 2. The minimum Gasteiger partial charge on any atom is -0.490 e. The number of rotatable bonds is 6. The molecule has 2 rings (SSSR count). The maximum absolute atomic E-state index is 10.9. The number of hydrogen-bond acceptors (Lipinski definition) is 3. The zero-order valence-electron chi connectivity index (χ0n) is 11.5. The minimum atomic E-state index is -0.940. The molecule has 0 atom stereocenters. The normalized spacial score (nSPS) is 10.2. The van der Waals surface area contributed by atoms with Crippen molar-refractivity contribution >= 4 is 17.6 Å². The molecule has 0 unspecified atom stereocenters. The van der Waals surface area contributed by atoms with Gasteiger partial charge in [-0.3, -0.25) is 0 Å². The van der Waals surface area contributed by atoms with Gasteiger partial charge in [-0.1, -0.05) is 11.6 Å². The third-order valence-electron chi connectivity index (χ3n) is 2.86. The number of carbonyl (C=O) groups is 1. The van der Waals surface area contributed by atoms with Gasteiger partial charge in [0.15, 0.2) is 0 Å². The molecule has 0 aromatic heterocycles. The van der Waals surface area contributed by atoms with Crippen LogP contribution in [-0.4, -0.2) is 24.3 Å². The molecule has 0 aliphatic carbocycles. The second-order valence-electron chi connectivity index (χ2n) is 4.43. The molecule has 0 aliphatic heterocycles. The summed E-state index contributed by atoms with van der Waals surface area (Å²) in [7, 11) is 0. The second kappa shape index (κ2) is 6.99. The number of carboxylic acid groups (broad SMARTS) is 1. The summed E-state index contributed by atoms with van der Waals surface area (Å²) in [5.74, 6) is 0.405. The summed E-state index contributed by atoms with van der Waals surface area (Å²) in [5, 5.41) is 9.61. The van der Waals surface area contributed by atoms with E-state index in [9.17, 15) is 4.79 Å². The van der Waals surface area contributed by atoms with E-state index in [0.717, 1.165) is 5.75 Å². The Bertz CT molecular complexity index is 623. The van der Waals surface area contributed by atoms with Crippen LogP contribution in [0.25, 0.3) is 0 Å². The molecule has 0 saturated heterocycles. The zero-order chi connectivity index (χ0) is 15.2. The van der Waals surface area contributed by atoms with Gasteiger partial charge in [-0.2, -0.15) is 0 Å². The van der Waals surface area contributed by atoms with Crippen molar-refractivity contribution < 1.29 is 19.4 Å². The SMILES string of the molecule is Cc1cc(OCCOc2ccc(Cl)cc2)ccc1C(=O)O. The lowest BCUT2D eigenvalue weighted by molar-refractivity contribution is 0.0696. The molecule has 0 bridgehead atoms. The molecule has 1 N–H and O–H groups in total. The predicted octanol–water partition coefficient (Wildman–Crippen LogP) is 3.80. The fourth-order valence-electron chi connectivity index (χ4n) is 1.82. The Balaban J connectivity index is 1.82. The molecule has 0 radical (unpaired) electrons. The van der Waals surface area contributed by atoms with Gasteiger partial charge >= 0.3 is 5.97 Å². The van der Waals surface area contributed by atoms with Gasteiger partial charge < -0.3 is 14.6 Å².